The van der Waals surface area contributed by atoms with Gasteiger partial charge in [0.1, 0.15) is 0 Å². The van der Waals surface area contributed by atoms with Crippen LogP contribution in [0.2, 0.25) is 0 Å². The second-order valence-electron chi connectivity index (χ2n) is 2.92. The Morgan fingerprint density at radius 2 is 2.20 bits per heavy atom. The highest BCUT2D eigenvalue weighted by atomic mass is 35.5. The molecule has 10 heavy (non-hydrogen) atoms. The Kier molecular flexibility index (Phi) is 1.82. The van der Waals surface area contributed by atoms with E-state index in [2.05, 4.69) is 11.0 Å². The summed E-state index contributed by atoms with van der Waals surface area (Å²) in [6.45, 7) is 0. The molecule has 0 radical (unpaired) electrons. The first-order valence-electron chi connectivity index (χ1n) is 3.69. The monoisotopic (exact) mass is 162 g/mol. The van der Waals surface area contributed by atoms with Crippen LogP contribution in [0.3, 0.4) is 0 Å². The fourth-order valence-corrected chi connectivity index (χ4v) is 1.99. The highest BCUT2D eigenvalue weighted by molar-refractivity contribution is 6.21. The number of halogens is 1. The van der Waals surface area contributed by atoms with Crippen molar-refractivity contribution in [3.63, 3.8) is 0 Å². The summed E-state index contributed by atoms with van der Waals surface area (Å²) in [4.78, 5) is 4.88. The third kappa shape index (κ3) is 1.03. The Labute approximate surface area is 65.0 Å². The van der Waals surface area contributed by atoms with Crippen molar-refractivity contribution in [2.45, 2.75) is 36.7 Å². The number of rotatable bonds is 0. The molecule has 1 saturated heterocycles. The molecular weight excluding hydrogens is 152 g/mol. The molecule has 2 aliphatic rings. The lowest BCUT2D eigenvalue weighted by atomic mass is 9.91. The number of hydrogen-bond acceptors (Lipinski definition) is 3. The maximum absolute atomic E-state index is 6.04. The minimum Gasteiger partial charge on any atom is -0.213 e. The average molecular weight is 163 g/mol. The lowest BCUT2D eigenvalue weighted by molar-refractivity contribution is 0.00950. The first-order chi connectivity index (χ1) is 4.88. The Hall–Kier alpha value is 0.170. The van der Waals surface area contributed by atoms with Crippen molar-refractivity contribution in [2.24, 2.45) is 0 Å². The van der Waals surface area contributed by atoms with Crippen LogP contribution in [0.5, 0.6) is 0 Å². The number of alkyl halides is 1. The molecule has 1 heterocycles. The minimum absolute atomic E-state index is 0.230. The van der Waals surface area contributed by atoms with Crippen molar-refractivity contribution in [3.8, 4) is 0 Å². The molecule has 4 heteroatoms. The van der Waals surface area contributed by atoms with E-state index in [4.69, 9.17) is 16.5 Å². The second-order valence-corrected chi connectivity index (χ2v) is 3.48. The molecule has 3 unspecified atom stereocenters. The van der Waals surface area contributed by atoms with Crippen LogP contribution in [0.15, 0.2) is 0 Å². The molecule has 1 saturated carbocycles. The molecule has 2 rings (SSSR count). The van der Waals surface area contributed by atoms with E-state index in [1.807, 2.05) is 0 Å². The third-order valence-electron chi connectivity index (χ3n) is 2.22. The number of hydrogen-bond donors (Lipinski definition) is 2. The van der Waals surface area contributed by atoms with E-state index in [9.17, 15) is 0 Å². The highest BCUT2D eigenvalue weighted by Gasteiger charge is 2.36. The zero-order valence-electron chi connectivity index (χ0n) is 5.64. The van der Waals surface area contributed by atoms with Crippen molar-refractivity contribution in [2.75, 3.05) is 0 Å². The van der Waals surface area contributed by atoms with E-state index in [1.165, 1.54) is 12.8 Å². The van der Waals surface area contributed by atoms with Crippen molar-refractivity contribution < 1.29 is 4.94 Å². The quantitative estimate of drug-likeness (QED) is 0.511. The fourth-order valence-electron chi connectivity index (χ4n) is 1.61. The second kappa shape index (κ2) is 2.66. The van der Waals surface area contributed by atoms with E-state index in [0.717, 1.165) is 6.42 Å². The van der Waals surface area contributed by atoms with E-state index in [0.29, 0.717) is 12.1 Å². The van der Waals surface area contributed by atoms with Gasteiger partial charge in [-0.25, -0.2) is 4.94 Å². The first-order valence-corrected chi connectivity index (χ1v) is 4.12. The summed E-state index contributed by atoms with van der Waals surface area (Å²) in [6, 6.07) is 0.742. The maximum Gasteiger partial charge on any atom is 0.0681 e. The van der Waals surface area contributed by atoms with Gasteiger partial charge in [0.15, 0.2) is 0 Å². The van der Waals surface area contributed by atoms with Crippen molar-refractivity contribution >= 4 is 11.6 Å². The summed E-state index contributed by atoms with van der Waals surface area (Å²) < 4.78 is 0. The zero-order valence-corrected chi connectivity index (χ0v) is 6.40. The molecule has 1 aliphatic carbocycles. The minimum atomic E-state index is 0.230. The topological polar surface area (TPSA) is 33.3 Å². The summed E-state index contributed by atoms with van der Waals surface area (Å²) in [7, 11) is 0. The Morgan fingerprint density at radius 1 is 1.30 bits per heavy atom. The lowest BCUT2D eigenvalue weighted by Crippen LogP contribution is -2.43. The van der Waals surface area contributed by atoms with Crippen LogP contribution in [-0.2, 0) is 4.94 Å². The van der Waals surface area contributed by atoms with Gasteiger partial charge in [-0.05, 0) is 12.8 Å². The Morgan fingerprint density at radius 3 is 3.00 bits per heavy atom. The molecule has 0 bridgehead atoms. The van der Waals surface area contributed by atoms with Gasteiger partial charge in [0, 0.05) is 0 Å². The summed E-state index contributed by atoms with van der Waals surface area (Å²) in [5.41, 5.74) is 5.76. The number of nitrogens with one attached hydrogen (secondary N) is 2. The Bertz CT molecular complexity index is 133. The standard InChI is InChI=1S/C6H11ClN2O/c7-4-2-1-3-5-6(4)9-10-8-5/h4-6,8-9H,1-3H2. The van der Waals surface area contributed by atoms with Gasteiger partial charge in [-0.3, -0.25) is 0 Å². The van der Waals surface area contributed by atoms with Gasteiger partial charge in [-0.2, -0.15) is 11.0 Å². The van der Waals surface area contributed by atoms with Crippen LogP contribution < -0.4 is 11.0 Å². The first kappa shape index (κ1) is 6.85. The zero-order chi connectivity index (χ0) is 6.97. The molecule has 0 aromatic rings. The summed E-state index contributed by atoms with van der Waals surface area (Å²) in [5.74, 6) is 0. The van der Waals surface area contributed by atoms with E-state index in [-0.39, 0.29) is 5.38 Å². The van der Waals surface area contributed by atoms with Crippen LogP contribution in [-0.4, -0.2) is 17.5 Å². The van der Waals surface area contributed by atoms with Crippen molar-refractivity contribution in [1.29, 1.82) is 0 Å². The van der Waals surface area contributed by atoms with Crippen LogP contribution in [0, 0.1) is 0 Å². The third-order valence-corrected chi connectivity index (χ3v) is 2.71. The van der Waals surface area contributed by atoms with Gasteiger partial charge in [-0.1, -0.05) is 6.42 Å². The number of hydroxylamine groups is 2. The number of fused-ring (bicyclic) bond motifs is 1. The highest BCUT2D eigenvalue weighted by Crippen LogP contribution is 2.25. The smallest absolute Gasteiger partial charge is 0.0681 e. The molecule has 2 fully saturated rings. The van der Waals surface area contributed by atoms with Crippen molar-refractivity contribution in [1.82, 2.24) is 11.0 Å². The van der Waals surface area contributed by atoms with Crippen molar-refractivity contribution in [3.05, 3.63) is 0 Å². The van der Waals surface area contributed by atoms with Crippen LogP contribution in [0.1, 0.15) is 19.3 Å². The molecule has 3 nitrogen and oxygen atoms in total. The SMILES string of the molecule is ClC1CCCC2NONC12. The molecule has 2 N–H and O–H groups in total. The van der Waals surface area contributed by atoms with Gasteiger partial charge in [-0.15, -0.1) is 11.6 Å². The summed E-state index contributed by atoms with van der Waals surface area (Å²) in [6.07, 6.45) is 3.47. The van der Waals surface area contributed by atoms with E-state index >= 15 is 0 Å². The van der Waals surface area contributed by atoms with Gasteiger partial charge in [0.2, 0.25) is 0 Å². The predicted octanol–water partition coefficient (Wildman–Crippen LogP) is 0.554. The average Bonchev–Trinajstić information content (AvgIpc) is 2.36. The summed E-state index contributed by atoms with van der Waals surface area (Å²) >= 11 is 6.04. The molecule has 1 aliphatic heterocycles. The van der Waals surface area contributed by atoms with Crippen LogP contribution in [0.4, 0.5) is 0 Å². The maximum atomic E-state index is 6.04. The summed E-state index contributed by atoms with van der Waals surface area (Å²) in [5, 5.41) is 0.230. The molecule has 0 amide bonds. The van der Waals surface area contributed by atoms with Gasteiger partial charge >= 0.3 is 0 Å². The van der Waals surface area contributed by atoms with E-state index in [1.54, 1.807) is 0 Å². The van der Waals surface area contributed by atoms with Gasteiger partial charge in [0.05, 0.1) is 17.5 Å². The molecule has 0 aromatic carbocycles. The molecule has 3 atom stereocenters. The molecule has 0 spiro atoms. The predicted molar refractivity (Wildman–Crippen MR) is 38.4 cm³/mol. The van der Waals surface area contributed by atoms with Crippen LogP contribution >= 0.6 is 11.6 Å². The van der Waals surface area contributed by atoms with E-state index < -0.39 is 0 Å². The van der Waals surface area contributed by atoms with Crippen LogP contribution in [0.25, 0.3) is 0 Å². The largest absolute Gasteiger partial charge is 0.213 e. The van der Waals surface area contributed by atoms with Gasteiger partial charge < -0.3 is 0 Å². The fraction of sp³-hybridized carbons (Fsp3) is 1.00. The molecular formula is C6H11ClN2O. The Balaban J connectivity index is 2.03. The molecule has 0 aromatic heterocycles. The normalized spacial score (nSPS) is 47.1. The van der Waals surface area contributed by atoms with Gasteiger partial charge in [0.25, 0.3) is 0 Å². The lowest BCUT2D eigenvalue weighted by Gasteiger charge is -2.26. The molecule has 58 valence electrons.